The van der Waals surface area contributed by atoms with Gasteiger partial charge in [0.1, 0.15) is 4.88 Å². The summed E-state index contributed by atoms with van der Waals surface area (Å²) in [5, 5.41) is 0. The van der Waals surface area contributed by atoms with Crippen LogP contribution in [-0.4, -0.2) is 13.1 Å². The molecule has 0 aliphatic heterocycles. The average molecular weight is 297 g/mol. The van der Waals surface area contributed by atoms with E-state index in [0.717, 1.165) is 14.9 Å². The van der Waals surface area contributed by atoms with Crippen LogP contribution in [0.1, 0.15) is 9.67 Å². The van der Waals surface area contributed by atoms with Crippen molar-refractivity contribution in [3.05, 3.63) is 45.1 Å². The fourth-order valence-corrected chi connectivity index (χ4v) is 3.07. The third-order valence-electron chi connectivity index (χ3n) is 2.16. The Bertz CT molecular complexity index is 505. The molecule has 0 atom stereocenters. The van der Waals surface area contributed by atoms with Gasteiger partial charge in [0, 0.05) is 5.56 Å². The van der Waals surface area contributed by atoms with Crippen LogP contribution in [-0.2, 0) is 4.74 Å². The molecule has 0 aliphatic carbocycles. The molecule has 0 spiro atoms. The summed E-state index contributed by atoms with van der Waals surface area (Å²) in [6.07, 6.45) is 0. The Kier molecular flexibility index (Phi) is 3.41. The minimum absolute atomic E-state index is 0.298. The number of carbonyl (C=O) groups is 1. The maximum atomic E-state index is 11.4. The molecular weight excluding hydrogens is 288 g/mol. The zero-order chi connectivity index (χ0) is 11.5. The Morgan fingerprint density at radius 1 is 1.31 bits per heavy atom. The second-order valence-electron chi connectivity index (χ2n) is 3.16. The number of esters is 1. The fraction of sp³-hybridized carbons (Fsp3) is 0.0833. The van der Waals surface area contributed by atoms with Crippen molar-refractivity contribution < 1.29 is 9.53 Å². The minimum atomic E-state index is -0.298. The summed E-state index contributed by atoms with van der Waals surface area (Å²) in [5.41, 5.74) is 2.10. The van der Waals surface area contributed by atoms with E-state index in [1.807, 2.05) is 36.4 Å². The number of rotatable bonds is 2. The van der Waals surface area contributed by atoms with E-state index >= 15 is 0 Å². The van der Waals surface area contributed by atoms with Crippen molar-refractivity contribution in [3.8, 4) is 11.1 Å². The highest BCUT2D eigenvalue weighted by atomic mass is 79.9. The Morgan fingerprint density at radius 2 is 2.00 bits per heavy atom. The first-order valence-corrected chi connectivity index (χ1v) is 6.26. The molecule has 0 fully saturated rings. The van der Waals surface area contributed by atoms with Gasteiger partial charge in [-0.25, -0.2) is 4.79 Å². The van der Waals surface area contributed by atoms with Crippen molar-refractivity contribution >= 4 is 33.2 Å². The van der Waals surface area contributed by atoms with E-state index in [1.165, 1.54) is 18.4 Å². The molecule has 0 saturated heterocycles. The molecule has 4 heteroatoms. The molecule has 16 heavy (non-hydrogen) atoms. The maximum absolute atomic E-state index is 11.4. The number of thiophene rings is 1. The quantitative estimate of drug-likeness (QED) is 0.784. The predicted molar refractivity (Wildman–Crippen MR) is 68.8 cm³/mol. The van der Waals surface area contributed by atoms with Crippen LogP contribution in [0.4, 0.5) is 0 Å². The lowest BCUT2D eigenvalue weighted by atomic mass is 10.1. The minimum Gasteiger partial charge on any atom is -0.465 e. The van der Waals surface area contributed by atoms with Gasteiger partial charge >= 0.3 is 5.97 Å². The van der Waals surface area contributed by atoms with E-state index in [-0.39, 0.29) is 5.97 Å². The molecule has 1 aromatic carbocycles. The van der Waals surface area contributed by atoms with Crippen molar-refractivity contribution in [2.45, 2.75) is 0 Å². The van der Waals surface area contributed by atoms with Crippen molar-refractivity contribution in [2.75, 3.05) is 7.11 Å². The molecular formula is C12H9BrO2S. The standard InChI is InChI=1S/C12H9BrO2S/c1-15-12(14)10-7-9(11(13)16-10)8-5-3-2-4-6-8/h2-7H,1H3. The second-order valence-corrected chi connectivity index (χ2v) is 5.53. The monoisotopic (exact) mass is 296 g/mol. The summed E-state index contributed by atoms with van der Waals surface area (Å²) in [6, 6.07) is 11.8. The molecule has 82 valence electrons. The number of halogens is 1. The van der Waals surface area contributed by atoms with Crippen molar-refractivity contribution in [3.63, 3.8) is 0 Å². The number of benzene rings is 1. The van der Waals surface area contributed by atoms with Crippen LogP contribution in [0.5, 0.6) is 0 Å². The first-order chi connectivity index (χ1) is 7.72. The molecule has 0 unspecified atom stereocenters. The highest BCUT2D eigenvalue weighted by Crippen LogP contribution is 2.36. The van der Waals surface area contributed by atoms with Crippen molar-refractivity contribution in [1.82, 2.24) is 0 Å². The third-order valence-corrected chi connectivity index (χ3v) is 3.97. The summed E-state index contributed by atoms with van der Waals surface area (Å²) >= 11 is 4.85. The molecule has 2 nitrogen and oxygen atoms in total. The SMILES string of the molecule is COC(=O)c1cc(-c2ccccc2)c(Br)s1. The van der Waals surface area contributed by atoms with Crippen LogP contribution < -0.4 is 0 Å². The summed E-state index contributed by atoms with van der Waals surface area (Å²) in [4.78, 5) is 12.0. The summed E-state index contributed by atoms with van der Waals surface area (Å²) < 4.78 is 5.63. The zero-order valence-corrected chi connectivity index (χ0v) is 11.0. The van der Waals surface area contributed by atoms with Gasteiger partial charge in [0.25, 0.3) is 0 Å². The lowest BCUT2D eigenvalue weighted by Gasteiger charge is -1.97. The third kappa shape index (κ3) is 2.18. The number of hydrogen-bond acceptors (Lipinski definition) is 3. The molecule has 1 aromatic heterocycles. The average Bonchev–Trinajstić information content (AvgIpc) is 2.71. The highest BCUT2D eigenvalue weighted by Gasteiger charge is 2.14. The molecule has 0 N–H and O–H groups in total. The van der Waals surface area contributed by atoms with Gasteiger partial charge in [-0.3, -0.25) is 0 Å². The molecule has 0 aliphatic rings. The summed E-state index contributed by atoms with van der Waals surface area (Å²) in [7, 11) is 1.39. The van der Waals surface area contributed by atoms with Gasteiger partial charge in [-0.1, -0.05) is 30.3 Å². The van der Waals surface area contributed by atoms with E-state index in [9.17, 15) is 4.79 Å². The molecule has 0 saturated carbocycles. The number of methoxy groups -OCH3 is 1. The van der Waals surface area contributed by atoms with Gasteiger partial charge in [-0.05, 0) is 27.6 Å². The largest absolute Gasteiger partial charge is 0.465 e. The second kappa shape index (κ2) is 4.80. The van der Waals surface area contributed by atoms with E-state index in [0.29, 0.717) is 4.88 Å². The van der Waals surface area contributed by atoms with Gasteiger partial charge in [-0.15, -0.1) is 11.3 Å². The van der Waals surface area contributed by atoms with Crippen LogP contribution in [0.2, 0.25) is 0 Å². The predicted octanol–water partition coefficient (Wildman–Crippen LogP) is 3.96. The Hall–Kier alpha value is -1.13. The highest BCUT2D eigenvalue weighted by molar-refractivity contribution is 9.11. The van der Waals surface area contributed by atoms with E-state index in [1.54, 1.807) is 0 Å². The number of carbonyl (C=O) groups excluding carboxylic acids is 1. The molecule has 0 amide bonds. The van der Waals surface area contributed by atoms with Crippen LogP contribution in [0, 0.1) is 0 Å². The van der Waals surface area contributed by atoms with E-state index < -0.39 is 0 Å². The van der Waals surface area contributed by atoms with Crippen molar-refractivity contribution in [2.24, 2.45) is 0 Å². The first kappa shape index (κ1) is 11.4. The van der Waals surface area contributed by atoms with Crippen LogP contribution in [0.25, 0.3) is 11.1 Å². The Labute approximate surface area is 106 Å². The van der Waals surface area contributed by atoms with Gasteiger partial charge < -0.3 is 4.74 Å². The molecule has 0 radical (unpaired) electrons. The van der Waals surface area contributed by atoms with E-state index in [2.05, 4.69) is 15.9 Å². The summed E-state index contributed by atoms with van der Waals surface area (Å²) in [6.45, 7) is 0. The molecule has 1 heterocycles. The Morgan fingerprint density at radius 3 is 2.62 bits per heavy atom. The van der Waals surface area contributed by atoms with Gasteiger partial charge in [-0.2, -0.15) is 0 Å². The van der Waals surface area contributed by atoms with Crippen LogP contribution in [0.15, 0.2) is 40.2 Å². The lowest BCUT2D eigenvalue weighted by molar-refractivity contribution is 0.0606. The van der Waals surface area contributed by atoms with Gasteiger partial charge in [0.05, 0.1) is 10.9 Å². The normalized spacial score (nSPS) is 10.1. The van der Waals surface area contributed by atoms with E-state index in [4.69, 9.17) is 4.74 Å². The first-order valence-electron chi connectivity index (χ1n) is 4.65. The Balaban J connectivity index is 2.44. The zero-order valence-electron chi connectivity index (χ0n) is 8.57. The summed E-state index contributed by atoms with van der Waals surface area (Å²) in [5.74, 6) is -0.298. The lowest BCUT2D eigenvalue weighted by Crippen LogP contribution is -1.96. The van der Waals surface area contributed by atoms with Crippen molar-refractivity contribution in [1.29, 1.82) is 0 Å². The maximum Gasteiger partial charge on any atom is 0.348 e. The molecule has 2 aromatic rings. The molecule has 2 rings (SSSR count). The fourth-order valence-electron chi connectivity index (χ4n) is 1.38. The topological polar surface area (TPSA) is 26.3 Å². The smallest absolute Gasteiger partial charge is 0.348 e. The van der Waals surface area contributed by atoms with Gasteiger partial charge in [0.2, 0.25) is 0 Å². The number of hydrogen-bond donors (Lipinski definition) is 0. The van der Waals surface area contributed by atoms with Crippen LogP contribution in [0.3, 0.4) is 0 Å². The molecule has 0 bridgehead atoms. The van der Waals surface area contributed by atoms with Gasteiger partial charge in [0.15, 0.2) is 0 Å². The number of ether oxygens (including phenoxy) is 1. The van der Waals surface area contributed by atoms with Crippen LogP contribution >= 0.6 is 27.3 Å².